The van der Waals surface area contributed by atoms with Crippen LogP contribution in [0.15, 0.2) is 131 Å². The van der Waals surface area contributed by atoms with Gasteiger partial charge in [0, 0.05) is 123 Å². The number of carbonyl (C=O) groups excluding carboxylic acids is 3. The molecule has 113 heavy (non-hydrogen) atoms. The number of benzene rings is 5. The highest BCUT2D eigenvalue weighted by Gasteiger charge is 2.36. The second-order valence-electron chi connectivity index (χ2n) is 28.1. The Labute approximate surface area is 648 Å². The Kier molecular flexibility index (Phi) is 22.3. The van der Waals surface area contributed by atoms with Crippen molar-refractivity contribution in [2.45, 2.75) is 109 Å². The second-order valence-corrected chi connectivity index (χ2v) is 28.1. The molecule has 13 aromatic rings. The summed E-state index contributed by atoms with van der Waals surface area (Å²) in [5.74, 6) is 5.53. The number of oxazole rings is 2. The summed E-state index contributed by atoms with van der Waals surface area (Å²) < 4.78 is 49.1. The second kappa shape index (κ2) is 33.4. The van der Waals surface area contributed by atoms with Crippen molar-refractivity contribution >= 4 is 91.1 Å². The molecule has 2 atom stereocenters. The minimum absolute atomic E-state index is 0.0221. The van der Waals surface area contributed by atoms with E-state index in [4.69, 9.17) is 67.4 Å². The molecule has 3 saturated carbocycles. The number of fused-ring (bicyclic) bond motifs is 5. The van der Waals surface area contributed by atoms with Crippen molar-refractivity contribution in [3.8, 4) is 57.1 Å². The third kappa shape index (κ3) is 17.2. The molecule has 8 aromatic heterocycles. The number of aryl methyl sites for hydroxylation is 3. The molecule has 11 N–H and O–H groups in total. The average molecular weight is 1530 g/mol. The van der Waals surface area contributed by atoms with Gasteiger partial charge in [-0.1, -0.05) is 18.2 Å². The minimum Gasteiger partial charge on any atom is -0.496 e. The van der Waals surface area contributed by atoms with Gasteiger partial charge in [-0.15, -0.1) is 0 Å². The van der Waals surface area contributed by atoms with Crippen LogP contribution in [0.3, 0.4) is 0 Å². The van der Waals surface area contributed by atoms with Crippen molar-refractivity contribution in [3.63, 3.8) is 0 Å². The van der Waals surface area contributed by atoms with Crippen LogP contribution >= 0.6 is 0 Å². The fourth-order valence-corrected chi connectivity index (χ4v) is 13.6. The summed E-state index contributed by atoms with van der Waals surface area (Å²) in [5, 5.41) is 46.7. The number of aromatic nitrogens is 11. The molecule has 1 aliphatic heterocycles. The summed E-state index contributed by atoms with van der Waals surface area (Å²) in [4.78, 5) is 81.0. The van der Waals surface area contributed by atoms with Gasteiger partial charge in [-0.2, -0.15) is 24.9 Å². The Morgan fingerprint density at radius 1 is 0.575 bits per heavy atom. The highest BCUT2D eigenvalue weighted by atomic mass is 16.5. The SMILES string of the molecule is COc1cc(C(=O)NCCO)ccc1Cc1nc2c(c(OC3CC3)n1)C(c1ccc3nc(C)oc3c1)CN2.COc1cc(C(=O)NCCO)ccc1Nc1nc(OC2CC2)c2c(-c3ccn(C)c3)c[nH]c2n1.COc1cc(C(=O)N[C@@H](C)CO)ccc1Nc1nc(OC2CCCC2)c2c(-c3ccc4nc(C)oc4c3)c[nH]c2n1. The first kappa shape index (κ1) is 75.5. The number of nitrogens with zero attached hydrogens (tertiary/aromatic N) is 9. The number of aromatic amines is 2. The number of carbonyl (C=O) groups is 3. The standard InChI is InChI=1S/C30H32N6O5.C28H29N5O5.C24H26N6O4/c1-16(15-37)32-28(38)19-9-11-22(24(13-19)39-3)34-30-35-27-26(29(36-30)41-20-6-4-5-7-20)21(14-31-27)18-8-10-23-25(12-18)40-17(2)33-23;1-15-31-21-8-5-16(11-23(21)37-15)20-14-30-26-25(20)28(38-19-6-7-19)33-24(32-26)13-17-3-4-18(12-22(17)36-2)27(35)29-9-10-34;1-30-9-7-15(13-30)17-12-26-21-20(17)23(34-16-4-5-16)29-24(28-21)27-18-6-3-14(11-19(18)33-2)22(32)25-8-10-31/h8-14,16,20,37H,4-7,15H2,1-3H3,(H,32,38)(H2,31,34,35,36);3-5,8,11-12,19-20,34H,6-7,9-10,13-14H2,1-2H3,(H,29,35)(H,30,32,33);3,6-7,9,11-13,16,31H,4-5,8,10H2,1-2H3,(H,25,32)(H2,26,27,28,29)/t16-;;/m0../s1. The molecule has 0 radical (unpaired) electrons. The Morgan fingerprint density at radius 2 is 1.11 bits per heavy atom. The molecule has 3 aliphatic carbocycles. The number of H-pyrrole nitrogens is 2. The van der Waals surface area contributed by atoms with E-state index in [1.54, 1.807) is 62.6 Å². The first-order valence-electron chi connectivity index (χ1n) is 37.6. The molecule has 5 aromatic carbocycles. The zero-order valence-corrected chi connectivity index (χ0v) is 63.4. The van der Waals surface area contributed by atoms with Crippen LogP contribution in [0.5, 0.6) is 34.9 Å². The number of hydrogen-bond donors (Lipinski definition) is 11. The third-order valence-corrected chi connectivity index (χ3v) is 19.6. The molecule has 4 aliphatic rings. The first-order valence-corrected chi connectivity index (χ1v) is 37.6. The number of anilines is 5. The molecule has 31 nitrogen and oxygen atoms in total. The molecule has 3 fully saturated rings. The Balaban J connectivity index is 0.000000134. The number of methoxy groups -OCH3 is 3. The van der Waals surface area contributed by atoms with Crippen molar-refractivity contribution in [1.82, 2.24) is 70.4 Å². The molecule has 1 unspecified atom stereocenters. The normalized spacial score (nSPS) is 14.7. The lowest BCUT2D eigenvalue weighted by molar-refractivity contribution is 0.0918. The minimum atomic E-state index is -0.364. The van der Waals surface area contributed by atoms with Gasteiger partial charge in [-0.05, 0) is 148 Å². The smallest absolute Gasteiger partial charge is 0.251 e. The fraction of sp³-hybridized carbons (Fsp3) is 0.329. The number of ether oxygens (including phenoxy) is 6. The first-order chi connectivity index (χ1) is 55.0. The van der Waals surface area contributed by atoms with E-state index >= 15 is 0 Å². The maximum atomic E-state index is 12.5. The van der Waals surface area contributed by atoms with Gasteiger partial charge in [0.25, 0.3) is 17.7 Å². The summed E-state index contributed by atoms with van der Waals surface area (Å²) in [6, 6.07) is 29.0. The summed E-state index contributed by atoms with van der Waals surface area (Å²) in [6.45, 7) is 6.05. The van der Waals surface area contributed by atoms with E-state index in [0.717, 1.165) is 124 Å². The monoisotopic (exact) mass is 1530 g/mol. The molecule has 3 amide bonds. The van der Waals surface area contributed by atoms with Crippen LogP contribution in [-0.4, -0.2) is 173 Å². The van der Waals surface area contributed by atoms with Crippen LogP contribution in [0.1, 0.15) is 130 Å². The van der Waals surface area contributed by atoms with Gasteiger partial charge in [0.2, 0.25) is 29.5 Å². The Bertz CT molecular complexity index is 5660. The summed E-state index contributed by atoms with van der Waals surface area (Å²) >= 11 is 0. The van der Waals surface area contributed by atoms with Crippen LogP contribution in [0.4, 0.5) is 29.1 Å². The lowest BCUT2D eigenvalue weighted by atomic mass is 9.94. The van der Waals surface area contributed by atoms with Crippen LogP contribution in [-0.2, 0) is 13.5 Å². The Morgan fingerprint density at radius 3 is 1.65 bits per heavy atom. The van der Waals surface area contributed by atoms with Crippen molar-refractivity contribution in [3.05, 3.63) is 173 Å². The van der Waals surface area contributed by atoms with E-state index in [9.17, 15) is 19.5 Å². The van der Waals surface area contributed by atoms with E-state index in [1.807, 2.05) is 92.7 Å². The van der Waals surface area contributed by atoms with Crippen LogP contribution in [0.2, 0.25) is 0 Å². The highest BCUT2D eigenvalue weighted by molar-refractivity contribution is 6.01. The topological polar surface area (TPSA) is 405 Å². The lowest BCUT2D eigenvalue weighted by Crippen LogP contribution is -2.34. The van der Waals surface area contributed by atoms with E-state index in [2.05, 4.69) is 67.9 Å². The number of nitrogens with one attached hydrogen (secondary N) is 8. The molecular formula is C82H87N17O14. The average Bonchev–Trinajstić information content (AvgIpc) is 1.53. The van der Waals surface area contributed by atoms with Gasteiger partial charge in [-0.25, -0.2) is 15.0 Å². The predicted molar refractivity (Wildman–Crippen MR) is 422 cm³/mol. The maximum absolute atomic E-state index is 12.5. The van der Waals surface area contributed by atoms with Crippen molar-refractivity contribution in [2.24, 2.45) is 7.05 Å². The van der Waals surface area contributed by atoms with Gasteiger partial charge >= 0.3 is 0 Å². The number of hydrogen-bond acceptors (Lipinski definition) is 25. The van der Waals surface area contributed by atoms with Crippen LogP contribution in [0.25, 0.3) is 66.5 Å². The Hall–Kier alpha value is -12.9. The highest BCUT2D eigenvalue weighted by Crippen LogP contribution is 2.45. The molecule has 9 heterocycles. The zero-order chi connectivity index (χ0) is 78.4. The molecule has 0 spiro atoms. The van der Waals surface area contributed by atoms with Crippen LogP contribution < -0.4 is 60.3 Å². The summed E-state index contributed by atoms with van der Waals surface area (Å²) in [5.41, 5.74) is 13.6. The molecule has 0 bridgehead atoms. The van der Waals surface area contributed by atoms with Crippen molar-refractivity contribution in [2.75, 3.05) is 76.7 Å². The quantitative estimate of drug-likeness (QED) is 0.0228. The van der Waals surface area contributed by atoms with E-state index in [-0.39, 0.29) is 80.9 Å². The molecule has 0 saturated heterocycles. The predicted octanol–water partition coefficient (Wildman–Crippen LogP) is 11.6. The van der Waals surface area contributed by atoms with E-state index < -0.39 is 0 Å². The zero-order valence-electron chi connectivity index (χ0n) is 63.4. The van der Waals surface area contributed by atoms with E-state index in [1.165, 1.54) is 14.2 Å². The summed E-state index contributed by atoms with van der Waals surface area (Å²) in [7, 11) is 6.60. The fourth-order valence-electron chi connectivity index (χ4n) is 13.6. The number of amides is 3. The molecule has 584 valence electrons. The number of aliphatic hydroxyl groups is 3. The van der Waals surface area contributed by atoms with Crippen molar-refractivity contribution < 1.29 is 67.0 Å². The van der Waals surface area contributed by atoms with Crippen LogP contribution in [0, 0.1) is 13.8 Å². The number of rotatable bonds is 27. The largest absolute Gasteiger partial charge is 0.496 e. The third-order valence-electron chi connectivity index (χ3n) is 19.6. The van der Waals surface area contributed by atoms with E-state index in [0.29, 0.717) is 122 Å². The van der Waals surface area contributed by atoms with Gasteiger partial charge in [0.15, 0.2) is 22.9 Å². The van der Waals surface area contributed by atoms with Gasteiger partial charge in [-0.3, -0.25) is 14.4 Å². The van der Waals surface area contributed by atoms with Gasteiger partial charge in [0.05, 0.1) is 68.9 Å². The maximum Gasteiger partial charge on any atom is 0.251 e. The number of aliphatic hydroxyl groups excluding tert-OH is 3. The molecule has 17 rings (SSSR count). The molecule has 31 heteroatoms. The molecular weight excluding hydrogens is 1450 g/mol. The van der Waals surface area contributed by atoms with Gasteiger partial charge < -0.3 is 99.0 Å². The lowest BCUT2D eigenvalue weighted by Gasteiger charge is -2.16. The summed E-state index contributed by atoms with van der Waals surface area (Å²) in [6.07, 6.45) is 16.9. The van der Waals surface area contributed by atoms with Gasteiger partial charge in [0.1, 0.15) is 69.5 Å². The van der Waals surface area contributed by atoms with Crippen molar-refractivity contribution in [1.29, 1.82) is 0 Å².